The highest BCUT2D eigenvalue weighted by atomic mass is 79.9. The number of esters is 2. The standard InChI is InChI=1S/C10H15BrO4/c1-3-14-9(12)6-5-8(7-11)10(13)15-4-2/h7H,3-6H2,1-2H3. The second kappa shape index (κ2) is 8.47. The van der Waals surface area contributed by atoms with Gasteiger partial charge in [-0.15, -0.1) is 0 Å². The lowest BCUT2D eigenvalue weighted by Crippen LogP contribution is -2.10. The molecule has 0 aromatic carbocycles. The van der Waals surface area contributed by atoms with E-state index >= 15 is 0 Å². The summed E-state index contributed by atoms with van der Waals surface area (Å²) >= 11 is 3.06. The molecular formula is C10H15BrO4. The van der Waals surface area contributed by atoms with Crippen LogP contribution in [0.3, 0.4) is 0 Å². The predicted molar refractivity (Wildman–Crippen MR) is 59.5 cm³/mol. The zero-order valence-electron chi connectivity index (χ0n) is 8.92. The first-order valence-corrected chi connectivity index (χ1v) is 5.69. The summed E-state index contributed by atoms with van der Waals surface area (Å²) in [7, 11) is 0. The van der Waals surface area contributed by atoms with Crippen molar-refractivity contribution in [3.8, 4) is 0 Å². The third kappa shape index (κ3) is 6.28. The molecule has 0 unspecified atom stereocenters. The fraction of sp³-hybridized carbons (Fsp3) is 0.600. The van der Waals surface area contributed by atoms with Gasteiger partial charge in [0.1, 0.15) is 0 Å². The number of ether oxygens (including phenoxy) is 2. The molecule has 0 bridgehead atoms. The quantitative estimate of drug-likeness (QED) is 0.552. The molecule has 0 saturated carbocycles. The van der Waals surface area contributed by atoms with Crippen LogP contribution < -0.4 is 0 Å². The van der Waals surface area contributed by atoms with Crippen molar-refractivity contribution in [2.75, 3.05) is 13.2 Å². The Morgan fingerprint density at radius 3 is 2.20 bits per heavy atom. The Balaban J connectivity index is 4.02. The number of carbonyl (C=O) groups is 2. The summed E-state index contributed by atoms with van der Waals surface area (Å²) in [4.78, 5) is 23.8. The van der Waals surface area contributed by atoms with Gasteiger partial charge in [-0.25, -0.2) is 4.79 Å². The number of hydrogen-bond donors (Lipinski definition) is 0. The summed E-state index contributed by atoms with van der Waals surface area (Å²) in [5.74, 6) is -0.715. The van der Waals surface area contributed by atoms with Crippen LogP contribution in [0.25, 0.3) is 0 Å². The average molecular weight is 279 g/mol. The van der Waals surface area contributed by atoms with Crippen molar-refractivity contribution in [3.63, 3.8) is 0 Å². The monoisotopic (exact) mass is 278 g/mol. The Labute approximate surface area is 97.8 Å². The molecule has 0 atom stereocenters. The minimum atomic E-state index is -0.404. The molecule has 0 aliphatic carbocycles. The molecule has 0 rings (SSSR count). The summed E-state index contributed by atoms with van der Waals surface area (Å²) in [5, 5.41) is 0. The molecule has 0 aliphatic heterocycles. The number of hydrogen-bond acceptors (Lipinski definition) is 4. The maximum Gasteiger partial charge on any atom is 0.334 e. The van der Waals surface area contributed by atoms with Crippen molar-refractivity contribution in [1.29, 1.82) is 0 Å². The van der Waals surface area contributed by atoms with E-state index < -0.39 is 5.97 Å². The van der Waals surface area contributed by atoms with Crippen LogP contribution in [0.1, 0.15) is 26.7 Å². The molecule has 0 N–H and O–H groups in total. The highest BCUT2D eigenvalue weighted by Gasteiger charge is 2.12. The van der Waals surface area contributed by atoms with Crippen LogP contribution in [-0.4, -0.2) is 25.2 Å². The molecular weight excluding hydrogens is 264 g/mol. The first kappa shape index (κ1) is 14.2. The summed E-state index contributed by atoms with van der Waals surface area (Å²) in [6.45, 7) is 4.15. The van der Waals surface area contributed by atoms with Gasteiger partial charge in [-0.1, -0.05) is 15.9 Å². The van der Waals surface area contributed by atoms with Crippen molar-refractivity contribution >= 4 is 27.9 Å². The second-order valence-electron chi connectivity index (χ2n) is 2.66. The third-order valence-electron chi connectivity index (χ3n) is 1.57. The minimum absolute atomic E-state index is 0.185. The molecule has 0 fully saturated rings. The predicted octanol–water partition coefficient (Wildman–Crippen LogP) is 2.17. The van der Waals surface area contributed by atoms with E-state index in [0.717, 1.165) is 0 Å². The van der Waals surface area contributed by atoms with Gasteiger partial charge in [0.15, 0.2) is 0 Å². The van der Waals surface area contributed by atoms with Crippen molar-refractivity contribution in [2.24, 2.45) is 0 Å². The smallest absolute Gasteiger partial charge is 0.334 e. The molecule has 15 heavy (non-hydrogen) atoms. The van der Waals surface area contributed by atoms with Crippen LogP contribution in [0.4, 0.5) is 0 Å². The molecule has 0 radical (unpaired) electrons. The lowest BCUT2D eigenvalue weighted by Gasteiger charge is -2.05. The first-order valence-electron chi connectivity index (χ1n) is 4.77. The van der Waals surface area contributed by atoms with Gasteiger partial charge in [0.05, 0.1) is 13.2 Å². The number of rotatable bonds is 6. The Morgan fingerprint density at radius 2 is 1.73 bits per heavy atom. The molecule has 0 aromatic rings. The van der Waals surface area contributed by atoms with Crippen LogP contribution in [0, 0.1) is 0 Å². The largest absolute Gasteiger partial charge is 0.466 e. The Bertz CT molecular complexity index is 248. The van der Waals surface area contributed by atoms with Gasteiger partial charge in [-0.3, -0.25) is 4.79 Å². The van der Waals surface area contributed by atoms with E-state index in [2.05, 4.69) is 15.9 Å². The minimum Gasteiger partial charge on any atom is -0.466 e. The van der Waals surface area contributed by atoms with Gasteiger partial charge in [-0.2, -0.15) is 0 Å². The second-order valence-corrected chi connectivity index (χ2v) is 3.12. The van der Waals surface area contributed by atoms with Crippen molar-refractivity contribution < 1.29 is 19.1 Å². The fourth-order valence-corrected chi connectivity index (χ4v) is 1.31. The maximum atomic E-state index is 11.3. The summed E-state index contributed by atoms with van der Waals surface area (Å²) in [6, 6.07) is 0. The van der Waals surface area contributed by atoms with Gasteiger partial charge >= 0.3 is 11.9 Å². The van der Waals surface area contributed by atoms with Crippen molar-refractivity contribution in [2.45, 2.75) is 26.7 Å². The molecule has 0 spiro atoms. The lowest BCUT2D eigenvalue weighted by atomic mass is 10.2. The third-order valence-corrected chi connectivity index (χ3v) is 2.13. The van der Waals surface area contributed by atoms with E-state index in [1.807, 2.05) is 0 Å². The van der Waals surface area contributed by atoms with E-state index in [-0.39, 0.29) is 12.4 Å². The van der Waals surface area contributed by atoms with Crippen LogP contribution in [0.2, 0.25) is 0 Å². The van der Waals surface area contributed by atoms with Crippen LogP contribution >= 0.6 is 15.9 Å². The van der Waals surface area contributed by atoms with E-state index in [1.54, 1.807) is 13.8 Å². The number of carbonyl (C=O) groups excluding carboxylic acids is 2. The SMILES string of the molecule is CCOC(=O)CCC(=CBr)C(=O)OCC. The normalized spacial score (nSPS) is 11.0. The zero-order valence-corrected chi connectivity index (χ0v) is 10.5. The fourth-order valence-electron chi connectivity index (χ4n) is 0.895. The molecule has 0 aliphatic rings. The molecule has 0 amide bonds. The Kier molecular flexibility index (Phi) is 7.99. The topological polar surface area (TPSA) is 52.6 Å². The molecule has 0 saturated heterocycles. The van der Waals surface area contributed by atoms with E-state index in [0.29, 0.717) is 25.2 Å². The van der Waals surface area contributed by atoms with Gasteiger partial charge in [0.25, 0.3) is 0 Å². The zero-order chi connectivity index (χ0) is 11.7. The van der Waals surface area contributed by atoms with E-state index in [1.165, 1.54) is 4.99 Å². The first-order chi connectivity index (χ1) is 7.15. The lowest BCUT2D eigenvalue weighted by molar-refractivity contribution is -0.143. The van der Waals surface area contributed by atoms with Crippen LogP contribution in [-0.2, 0) is 19.1 Å². The van der Waals surface area contributed by atoms with Crippen LogP contribution in [0.5, 0.6) is 0 Å². The van der Waals surface area contributed by atoms with Crippen LogP contribution in [0.15, 0.2) is 10.6 Å². The van der Waals surface area contributed by atoms with Crippen molar-refractivity contribution in [3.05, 3.63) is 10.6 Å². The molecule has 5 heteroatoms. The highest BCUT2D eigenvalue weighted by molar-refractivity contribution is 9.11. The van der Waals surface area contributed by atoms with E-state index in [9.17, 15) is 9.59 Å². The van der Waals surface area contributed by atoms with E-state index in [4.69, 9.17) is 9.47 Å². The maximum absolute atomic E-state index is 11.3. The van der Waals surface area contributed by atoms with Gasteiger partial charge in [0, 0.05) is 12.0 Å². The molecule has 0 heterocycles. The molecule has 0 aromatic heterocycles. The van der Waals surface area contributed by atoms with Gasteiger partial charge in [-0.05, 0) is 25.3 Å². The highest BCUT2D eigenvalue weighted by Crippen LogP contribution is 2.10. The summed E-state index contributed by atoms with van der Waals surface area (Å²) < 4.78 is 9.54. The van der Waals surface area contributed by atoms with Gasteiger partial charge < -0.3 is 9.47 Å². The van der Waals surface area contributed by atoms with Gasteiger partial charge in [0.2, 0.25) is 0 Å². The molecule has 4 nitrogen and oxygen atoms in total. The summed E-state index contributed by atoms with van der Waals surface area (Å²) in [6.07, 6.45) is 0.507. The Hall–Kier alpha value is -0.840. The average Bonchev–Trinajstić information content (AvgIpc) is 2.19. The Morgan fingerprint density at radius 1 is 1.13 bits per heavy atom. The summed E-state index contributed by atoms with van der Waals surface area (Å²) in [5.41, 5.74) is 0.435. The van der Waals surface area contributed by atoms with Crippen molar-refractivity contribution in [1.82, 2.24) is 0 Å². The number of halogens is 1. The molecule has 86 valence electrons.